The fourth-order valence-corrected chi connectivity index (χ4v) is 3.06. The smallest absolute Gasteiger partial charge is 0.412 e. The van der Waals surface area contributed by atoms with Crippen LogP contribution in [0.15, 0.2) is 54.6 Å². The summed E-state index contributed by atoms with van der Waals surface area (Å²) in [7, 11) is 0. The van der Waals surface area contributed by atoms with Crippen molar-refractivity contribution in [2.45, 2.75) is 46.8 Å². The van der Waals surface area contributed by atoms with Crippen LogP contribution in [-0.2, 0) is 11.3 Å². The van der Waals surface area contributed by atoms with Crippen LogP contribution in [0.2, 0.25) is 0 Å². The summed E-state index contributed by atoms with van der Waals surface area (Å²) in [6.07, 6.45) is -0.468. The van der Waals surface area contributed by atoms with E-state index >= 15 is 0 Å². The largest absolute Gasteiger partial charge is 0.488 e. The Labute approximate surface area is 166 Å². The van der Waals surface area contributed by atoms with E-state index in [1.54, 1.807) is 0 Å². The number of anilines is 1. The molecule has 0 fully saturated rings. The lowest BCUT2D eigenvalue weighted by Gasteiger charge is -2.21. The van der Waals surface area contributed by atoms with Gasteiger partial charge in [0.25, 0.3) is 0 Å². The Balaban J connectivity index is 1.96. The first kappa shape index (κ1) is 19.7. The molecule has 3 aromatic carbocycles. The molecule has 0 aliphatic carbocycles. The highest BCUT2D eigenvalue weighted by atomic mass is 16.6. The minimum Gasteiger partial charge on any atom is -0.488 e. The van der Waals surface area contributed by atoms with Crippen LogP contribution in [0, 0.1) is 13.8 Å². The van der Waals surface area contributed by atoms with Crippen molar-refractivity contribution in [3.8, 4) is 5.75 Å². The van der Waals surface area contributed by atoms with Gasteiger partial charge >= 0.3 is 6.09 Å². The zero-order valence-electron chi connectivity index (χ0n) is 17.1. The summed E-state index contributed by atoms with van der Waals surface area (Å²) < 4.78 is 11.6. The molecule has 3 rings (SSSR count). The van der Waals surface area contributed by atoms with E-state index in [9.17, 15) is 4.79 Å². The summed E-state index contributed by atoms with van der Waals surface area (Å²) in [4.78, 5) is 12.3. The summed E-state index contributed by atoms with van der Waals surface area (Å²) in [5.41, 5.74) is 3.47. The van der Waals surface area contributed by atoms with E-state index in [2.05, 4.69) is 25.2 Å². The van der Waals surface area contributed by atoms with Gasteiger partial charge in [-0.15, -0.1) is 0 Å². The molecular formula is C24H27NO3. The van der Waals surface area contributed by atoms with Crippen LogP contribution < -0.4 is 10.1 Å². The Morgan fingerprint density at radius 3 is 2.36 bits per heavy atom. The van der Waals surface area contributed by atoms with E-state index in [-0.39, 0.29) is 0 Å². The van der Waals surface area contributed by atoms with Crippen molar-refractivity contribution in [1.29, 1.82) is 0 Å². The number of hydrogen-bond donors (Lipinski definition) is 1. The van der Waals surface area contributed by atoms with Gasteiger partial charge < -0.3 is 9.47 Å². The lowest BCUT2D eigenvalue weighted by Crippen LogP contribution is -2.27. The first-order valence-electron chi connectivity index (χ1n) is 9.44. The Kier molecular flexibility index (Phi) is 5.59. The van der Waals surface area contributed by atoms with E-state index < -0.39 is 11.7 Å². The van der Waals surface area contributed by atoms with Gasteiger partial charge in [-0.25, -0.2) is 4.79 Å². The topological polar surface area (TPSA) is 47.6 Å². The molecule has 28 heavy (non-hydrogen) atoms. The summed E-state index contributed by atoms with van der Waals surface area (Å²) >= 11 is 0. The fourth-order valence-electron chi connectivity index (χ4n) is 3.06. The number of fused-ring (bicyclic) bond motifs is 1. The van der Waals surface area contributed by atoms with Gasteiger partial charge in [-0.1, -0.05) is 42.5 Å². The summed E-state index contributed by atoms with van der Waals surface area (Å²) in [5.74, 6) is 0.840. The van der Waals surface area contributed by atoms with Gasteiger partial charge in [0.05, 0.1) is 5.69 Å². The van der Waals surface area contributed by atoms with E-state index in [1.807, 2.05) is 69.3 Å². The van der Waals surface area contributed by atoms with Crippen molar-refractivity contribution in [2.75, 3.05) is 5.32 Å². The predicted octanol–water partition coefficient (Wildman–Crippen LogP) is 6.38. The molecule has 0 saturated carbocycles. The monoisotopic (exact) mass is 377 g/mol. The van der Waals surface area contributed by atoms with E-state index in [1.165, 1.54) is 0 Å². The maximum absolute atomic E-state index is 12.3. The third-order valence-electron chi connectivity index (χ3n) is 4.51. The maximum atomic E-state index is 12.3. The minimum absolute atomic E-state index is 0.468. The van der Waals surface area contributed by atoms with Crippen molar-refractivity contribution >= 4 is 22.6 Å². The molecule has 4 heteroatoms. The highest BCUT2D eigenvalue weighted by Gasteiger charge is 2.18. The molecule has 4 nitrogen and oxygen atoms in total. The lowest BCUT2D eigenvalue weighted by atomic mass is 10.00. The number of benzene rings is 3. The SMILES string of the molecule is Cc1cc2c(NC(=O)OC(C)(C)C)cccc2c(OCc2ccccc2)c1C. The van der Waals surface area contributed by atoms with E-state index in [0.717, 1.165) is 33.2 Å². The second-order valence-corrected chi connectivity index (χ2v) is 7.95. The summed E-state index contributed by atoms with van der Waals surface area (Å²) in [6.45, 7) is 10.1. The average Bonchev–Trinajstić information content (AvgIpc) is 2.62. The number of rotatable bonds is 4. The van der Waals surface area contributed by atoms with Gasteiger partial charge in [-0.2, -0.15) is 0 Å². The van der Waals surface area contributed by atoms with Gasteiger partial charge in [-0.05, 0) is 63.4 Å². The predicted molar refractivity (Wildman–Crippen MR) is 114 cm³/mol. The normalized spacial score (nSPS) is 11.3. The second kappa shape index (κ2) is 7.93. The molecule has 1 amide bonds. The van der Waals surface area contributed by atoms with Gasteiger partial charge in [-0.3, -0.25) is 5.32 Å². The lowest BCUT2D eigenvalue weighted by molar-refractivity contribution is 0.0636. The molecule has 0 aliphatic rings. The molecule has 1 N–H and O–H groups in total. The summed E-state index contributed by atoms with van der Waals surface area (Å²) in [6, 6.07) is 18.0. The molecular weight excluding hydrogens is 350 g/mol. The van der Waals surface area contributed by atoms with Crippen molar-refractivity contribution < 1.29 is 14.3 Å². The molecule has 0 aromatic heterocycles. The van der Waals surface area contributed by atoms with E-state index in [0.29, 0.717) is 12.3 Å². The van der Waals surface area contributed by atoms with Crippen LogP contribution in [0.25, 0.3) is 10.8 Å². The molecule has 0 heterocycles. The quantitative estimate of drug-likeness (QED) is 0.573. The van der Waals surface area contributed by atoms with E-state index in [4.69, 9.17) is 9.47 Å². The van der Waals surface area contributed by atoms with Crippen molar-refractivity contribution in [1.82, 2.24) is 0 Å². The molecule has 146 valence electrons. The standard InChI is InChI=1S/C24H27NO3/c1-16-14-20-19(12-9-13-21(20)25-23(26)28-24(3,4)5)22(17(16)2)27-15-18-10-7-6-8-11-18/h6-14H,15H2,1-5H3,(H,25,26). The van der Waals surface area contributed by atoms with Crippen LogP contribution in [0.4, 0.5) is 10.5 Å². The molecule has 0 spiro atoms. The number of carbonyl (C=O) groups excluding carboxylic acids is 1. The first-order chi connectivity index (χ1) is 13.2. The van der Waals surface area contributed by atoms with Crippen LogP contribution in [0.3, 0.4) is 0 Å². The van der Waals surface area contributed by atoms with Gasteiger partial charge in [0, 0.05) is 10.8 Å². The van der Waals surface area contributed by atoms with Crippen molar-refractivity contribution in [3.63, 3.8) is 0 Å². The maximum Gasteiger partial charge on any atom is 0.412 e. The third kappa shape index (κ3) is 4.63. The molecule has 0 aliphatic heterocycles. The summed E-state index contributed by atoms with van der Waals surface area (Å²) in [5, 5.41) is 4.77. The van der Waals surface area contributed by atoms with Crippen molar-refractivity contribution in [2.24, 2.45) is 0 Å². The molecule has 0 saturated heterocycles. The number of ether oxygens (including phenoxy) is 2. The molecule has 3 aromatic rings. The first-order valence-corrected chi connectivity index (χ1v) is 9.44. The Hall–Kier alpha value is -3.01. The molecule has 0 atom stereocenters. The number of hydrogen-bond acceptors (Lipinski definition) is 3. The fraction of sp³-hybridized carbons (Fsp3) is 0.292. The van der Waals surface area contributed by atoms with Gasteiger partial charge in [0.15, 0.2) is 0 Å². The third-order valence-corrected chi connectivity index (χ3v) is 4.51. The molecule has 0 bridgehead atoms. The number of nitrogens with one attached hydrogen (secondary N) is 1. The van der Waals surface area contributed by atoms with Crippen LogP contribution in [-0.4, -0.2) is 11.7 Å². The highest BCUT2D eigenvalue weighted by molar-refractivity contribution is 6.03. The van der Waals surface area contributed by atoms with Crippen LogP contribution in [0.1, 0.15) is 37.5 Å². The van der Waals surface area contributed by atoms with Gasteiger partial charge in [0.1, 0.15) is 18.0 Å². The minimum atomic E-state index is -0.550. The van der Waals surface area contributed by atoms with Crippen molar-refractivity contribution in [3.05, 3.63) is 71.3 Å². The Morgan fingerprint density at radius 1 is 0.964 bits per heavy atom. The molecule has 0 unspecified atom stereocenters. The highest BCUT2D eigenvalue weighted by Crippen LogP contribution is 2.36. The Morgan fingerprint density at radius 2 is 1.68 bits per heavy atom. The molecule has 0 radical (unpaired) electrons. The zero-order valence-corrected chi connectivity index (χ0v) is 17.1. The number of aryl methyl sites for hydroxylation is 1. The Bertz CT molecular complexity index is 988. The average molecular weight is 377 g/mol. The van der Waals surface area contributed by atoms with Crippen LogP contribution in [0.5, 0.6) is 5.75 Å². The number of carbonyl (C=O) groups is 1. The number of amides is 1. The zero-order chi connectivity index (χ0) is 20.3. The van der Waals surface area contributed by atoms with Gasteiger partial charge in [0.2, 0.25) is 0 Å². The second-order valence-electron chi connectivity index (χ2n) is 7.95. The van der Waals surface area contributed by atoms with Crippen LogP contribution >= 0.6 is 0 Å².